The summed E-state index contributed by atoms with van der Waals surface area (Å²) in [6.07, 6.45) is 2.14. The van der Waals surface area contributed by atoms with Gasteiger partial charge in [-0.2, -0.15) is 0 Å². The van der Waals surface area contributed by atoms with E-state index in [1.807, 2.05) is 43.3 Å². The van der Waals surface area contributed by atoms with Crippen molar-refractivity contribution >= 4 is 27.5 Å². The molecule has 1 atom stereocenters. The Morgan fingerprint density at radius 2 is 2.21 bits per heavy atom. The van der Waals surface area contributed by atoms with E-state index in [0.29, 0.717) is 5.75 Å². The number of ether oxygens (including phenoxy) is 1. The van der Waals surface area contributed by atoms with Crippen molar-refractivity contribution in [3.8, 4) is 5.75 Å². The van der Waals surface area contributed by atoms with Crippen LogP contribution in [0.1, 0.15) is 35.6 Å². The van der Waals surface area contributed by atoms with Crippen molar-refractivity contribution < 1.29 is 14.6 Å². The molecule has 0 aliphatic heterocycles. The third-order valence-electron chi connectivity index (χ3n) is 4.25. The topological polar surface area (TPSA) is 58.6 Å². The molecule has 0 saturated heterocycles. The highest BCUT2D eigenvalue weighted by atomic mass is 79.9. The molecule has 126 valence electrons. The van der Waals surface area contributed by atoms with E-state index in [1.165, 1.54) is 0 Å². The third kappa shape index (κ3) is 3.79. The van der Waals surface area contributed by atoms with Crippen LogP contribution in [0.5, 0.6) is 5.75 Å². The molecule has 2 aromatic carbocycles. The number of benzene rings is 2. The molecule has 0 bridgehead atoms. The third-order valence-corrected chi connectivity index (χ3v) is 4.75. The smallest absolute Gasteiger partial charge is 0.262 e. The number of amides is 1. The minimum atomic E-state index is -0.434. The van der Waals surface area contributed by atoms with Crippen LogP contribution < -0.4 is 10.1 Å². The summed E-state index contributed by atoms with van der Waals surface area (Å²) >= 11 is 3.41. The van der Waals surface area contributed by atoms with Crippen molar-refractivity contribution in [1.29, 1.82) is 0 Å². The molecule has 3 rings (SSSR count). The quantitative estimate of drug-likeness (QED) is 0.825. The van der Waals surface area contributed by atoms with Crippen molar-refractivity contribution in [2.24, 2.45) is 0 Å². The normalized spacial score (nSPS) is 16.4. The van der Waals surface area contributed by atoms with Crippen molar-refractivity contribution in [3.05, 3.63) is 57.6 Å². The van der Waals surface area contributed by atoms with E-state index in [4.69, 9.17) is 4.74 Å². The number of nitrogens with one attached hydrogen (secondary N) is 1. The molecule has 1 aliphatic carbocycles. The van der Waals surface area contributed by atoms with Crippen LogP contribution in [0.4, 0.5) is 5.69 Å². The number of aryl methyl sites for hydroxylation is 1. The van der Waals surface area contributed by atoms with E-state index in [2.05, 4.69) is 21.2 Å². The van der Waals surface area contributed by atoms with Gasteiger partial charge in [-0.05, 0) is 67.1 Å². The van der Waals surface area contributed by atoms with Gasteiger partial charge in [-0.3, -0.25) is 4.79 Å². The lowest BCUT2D eigenvalue weighted by Gasteiger charge is -2.23. The Kier molecular flexibility index (Phi) is 5.21. The summed E-state index contributed by atoms with van der Waals surface area (Å²) in [5.41, 5.74) is 3.70. The Labute approximate surface area is 150 Å². The first kappa shape index (κ1) is 17.0. The lowest BCUT2D eigenvalue weighted by atomic mass is 9.89. The van der Waals surface area contributed by atoms with Crippen LogP contribution in [0.25, 0.3) is 0 Å². The van der Waals surface area contributed by atoms with Crippen LogP contribution in [-0.2, 0) is 11.2 Å². The van der Waals surface area contributed by atoms with E-state index < -0.39 is 6.10 Å². The summed E-state index contributed by atoms with van der Waals surface area (Å²) < 4.78 is 6.69. The number of carbonyl (C=O) groups excluding carboxylic acids is 1. The van der Waals surface area contributed by atoms with Gasteiger partial charge in [0.2, 0.25) is 0 Å². The van der Waals surface area contributed by atoms with Gasteiger partial charge in [-0.25, -0.2) is 0 Å². The van der Waals surface area contributed by atoms with Crippen LogP contribution >= 0.6 is 15.9 Å². The van der Waals surface area contributed by atoms with Crippen LogP contribution in [0.15, 0.2) is 40.9 Å². The number of anilines is 1. The fourth-order valence-corrected chi connectivity index (χ4v) is 3.50. The molecule has 0 spiro atoms. The van der Waals surface area contributed by atoms with Crippen LogP contribution in [-0.4, -0.2) is 17.6 Å². The molecule has 2 aromatic rings. The summed E-state index contributed by atoms with van der Waals surface area (Å²) in [5, 5.41) is 12.9. The van der Waals surface area contributed by atoms with Gasteiger partial charge in [0.1, 0.15) is 5.75 Å². The maximum atomic E-state index is 12.2. The zero-order chi connectivity index (χ0) is 17.1. The molecule has 5 heteroatoms. The van der Waals surface area contributed by atoms with Gasteiger partial charge in [0.05, 0.1) is 6.10 Å². The number of carbonyl (C=O) groups is 1. The molecule has 1 amide bonds. The molecular weight excluding hydrogens is 370 g/mol. The van der Waals surface area contributed by atoms with Gasteiger partial charge in [0.15, 0.2) is 6.61 Å². The Balaban J connectivity index is 1.66. The minimum absolute atomic E-state index is 0.0535. The lowest BCUT2D eigenvalue weighted by Crippen LogP contribution is -2.21. The zero-order valence-electron chi connectivity index (χ0n) is 13.5. The molecule has 24 heavy (non-hydrogen) atoms. The Hall–Kier alpha value is -1.85. The second-order valence-electron chi connectivity index (χ2n) is 6.03. The Morgan fingerprint density at radius 3 is 3.00 bits per heavy atom. The number of hydrogen-bond donors (Lipinski definition) is 2. The van der Waals surface area contributed by atoms with E-state index in [1.54, 1.807) is 0 Å². The second-order valence-corrected chi connectivity index (χ2v) is 6.94. The van der Waals surface area contributed by atoms with Crippen LogP contribution in [0.2, 0.25) is 0 Å². The first-order valence-electron chi connectivity index (χ1n) is 8.03. The number of hydrogen-bond acceptors (Lipinski definition) is 3. The zero-order valence-corrected chi connectivity index (χ0v) is 15.1. The monoisotopic (exact) mass is 389 g/mol. The Morgan fingerprint density at radius 1 is 1.38 bits per heavy atom. The maximum Gasteiger partial charge on any atom is 0.262 e. The molecule has 1 aliphatic rings. The van der Waals surface area contributed by atoms with Crippen molar-refractivity contribution in [2.45, 2.75) is 32.3 Å². The molecule has 0 unspecified atom stereocenters. The summed E-state index contributed by atoms with van der Waals surface area (Å²) in [7, 11) is 0. The molecule has 0 fully saturated rings. The SMILES string of the molecule is Cc1cc(Br)ccc1NC(=O)COc1cccc2c1CCC[C@@H]2O. The Bertz CT molecular complexity index is 760. The molecular formula is C19H20BrNO3. The molecule has 4 nitrogen and oxygen atoms in total. The van der Waals surface area contributed by atoms with Crippen molar-refractivity contribution in [1.82, 2.24) is 0 Å². The van der Waals surface area contributed by atoms with Gasteiger partial charge in [0, 0.05) is 10.2 Å². The molecule has 0 saturated carbocycles. The van der Waals surface area contributed by atoms with E-state index >= 15 is 0 Å². The van der Waals surface area contributed by atoms with Gasteiger partial charge >= 0.3 is 0 Å². The summed E-state index contributed by atoms with van der Waals surface area (Å²) in [5.74, 6) is 0.489. The van der Waals surface area contributed by atoms with Gasteiger partial charge < -0.3 is 15.2 Å². The first-order chi connectivity index (χ1) is 11.5. The van der Waals surface area contributed by atoms with Crippen LogP contribution in [0, 0.1) is 6.92 Å². The predicted molar refractivity (Wildman–Crippen MR) is 97.3 cm³/mol. The lowest BCUT2D eigenvalue weighted by molar-refractivity contribution is -0.118. The highest BCUT2D eigenvalue weighted by Gasteiger charge is 2.21. The molecule has 2 N–H and O–H groups in total. The number of rotatable bonds is 4. The highest BCUT2D eigenvalue weighted by molar-refractivity contribution is 9.10. The van der Waals surface area contributed by atoms with Crippen LogP contribution in [0.3, 0.4) is 0 Å². The van der Waals surface area contributed by atoms with Crippen molar-refractivity contribution in [3.63, 3.8) is 0 Å². The summed E-state index contributed by atoms with van der Waals surface area (Å²) in [6.45, 7) is 1.89. The van der Waals surface area contributed by atoms with Gasteiger partial charge in [-0.1, -0.05) is 28.1 Å². The number of halogens is 1. The number of fused-ring (bicyclic) bond motifs is 1. The fraction of sp³-hybridized carbons (Fsp3) is 0.316. The predicted octanol–water partition coefficient (Wildman–Crippen LogP) is 4.14. The molecule has 0 radical (unpaired) electrons. The summed E-state index contributed by atoms with van der Waals surface area (Å²) in [6, 6.07) is 11.3. The second kappa shape index (κ2) is 7.36. The molecule has 0 heterocycles. The number of aliphatic hydroxyl groups is 1. The van der Waals surface area contributed by atoms with E-state index in [0.717, 1.165) is 46.1 Å². The standard InChI is InChI=1S/C19H20BrNO3/c1-12-10-13(20)8-9-16(12)21-19(23)11-24-18-7-3-4-14-15(18)5-2-6-17(14)22/h3-4,7-10,17,22H,2,5-6,11H2,1H3,(H,21,23)/t17-/m0/s1. The van der Waals surface area contributed by atoms with E-state index in [-0.39, 0.29) is 12.5 Å². The van der Waals surface area contributed by atoms with E-state index in [9.17, 15) is 9.90 Å². The molecule has 0 aromatic heterocycles. The minimum Gasteiger partial charge on any atom is -0.483 e. The van der Waals surface area contributed by atoms with Crippen molar-refractivity contribution in [2.75, 3.05) is 11.9 Å². The van der Waals surface area contributed by atoms with Gasteiger partial charge in [0.25, 0.3) is 5.91 Å². The highest BCUT2D eigenvalue weighted by Crippen LogP contribution is 2.35. The maximum absolute atomic E-state index is 12.2. The number of aliphatic hydroxyl groups excluding tert-OH is 1. The fourth-order valence-electron chi connectivity index (χ4n) is 3.02. The average molecular weight is 390 g/mol. The van der Waals surface area contributed by atoms with Gasteiger partial charge in [-0.15, -0.1) is 0 Å². The average Bonchev–Trinajstić information content (AvgIpc) is 2.56. The largest absolute Gasteiger partial charge is 0.483 e. The summed E-state index contributed by atoms with van der Waals surface area (Å²) in [4.78, 5) is 12.2. The first-order valence-corrected chi connectivity index (χ1v) is 8.82.